The van der Waals surface area contributed by atoms with Gasteiger partial charge in [0.15, 0.2) is 0 Å². The highest BCUT2D eigenvalue weighted by atomic mass is 32.2. The van der Waals surface area contributed by atoms with E-state index >= 15 is 0 Å². The molecule has 1 atom stereocenters. The van der Waals surface area contributed by atoms with E-state index in [0.29, 0.717) is 0 Å². The van der Waals surface area contributed by atoms with Gasteiger partial charge in [0.1, 0.15) is 6.04 Å². The second-order valence-electron chi connectivity index (χ2n) is 6.02. The Balaban J connectivity index is 2.36. The summed E-state index contributed by atoms with van der Waals surface area (Å²) < 4.78 is 27.0. The van der Waals surface area contributed by atoms with Gasteiger partial charge in [0, 0.05) is 7.05 Å². The van der Waals surface area contributed by atoms with Crippen molar-refractivity contribution in [2.75, 3.05) is 7.05 Å². The molecule has 24 heavy (non-hydrogen) atoms. The Hall–Kier alpha value is -2.26. The van der Waals surface area contributed by atoms with E-state index in [-0.39, 0.29) is 28.4 Å². The third-order valence-electron chi connectivity index (χ3n) is 3.67. The van der Waals surface area contributed by atoms with E-state index in [4.69, 9.17) is 5.11 Å². The first kappa shape index (κ1) is 18.1. The standard InChI is InChI=1S/C15H18N2O6S/c1-8(2)6-12(15(20)21)16-24(22,23)9-4-5-10-11(7-9)14(19)17(3)13(10)18/h4-5,7-8,12,16H,6H2,1-3H3,(H,20,21). The number of carbonyl (C=O) groups excluding carboxylic acids is 2. The lowest BCUT2D eigenvalue weighted by Gasteiger charge is -2.16. The average molecular weight is 354 g/mol. The molecule has 1 aromatic rings. The first-order valence-corrected chi connectivity index (χ1v) is 8.74. The van der Waals surface area contributed by atoms with Crippen LogP contribution in [0.25, 0.3) is 0 Å². The van der Waals surface area contributed by atoms with Crippen LogP contribution < -0.4 is 4.72 Å². The molecular formula is C15H18N2O6S. The minimum atomic E-state index is -4.14. The number of fused-ring (bicyclic) bond motifs is 1. The number of rotatable bonds is 6. The summed E-state index contributed by atoms with van der Waals surface area (Å²) in [6, 6.07) is 2.25. The van der Waals surface area contributed by atoms with Crippen LogP contribution in [0.1, 0.15) is 41.0 Å². The van der Waals surface area contributed by atoms with Crippen LogP contribution in [0.5, 0.6) is 0 Å². The first-order chi connectivity index (χ1) is 11.0. The summed E-state index contributed by atoms with van der Waals surface area (Å²) in [5.41, 5.74) is 0.111. The van der Waals surface area contributed by atoms with Gasteiger partial charge in [-0.25, -0.2) is 8.42 Å². The Labute approximate surface area is 139 Å². The number of imide groups is 1. The molecule has 0 aliphatic carbocycles. The minimum absolute atomic E-state index is 0.0129. The molecule has 130 valence electrons. The fraction of sp³-hybridized carbons (Fsp3) is 0.400. The number of aliphatic carboxylic acids is 1. The highest BCUT2D eigenvalue weighted by Gasteiger charge is 2.34. The van der Waals surface area contributed by atoms with Gasteiger partial charge < -0.3 is 5.11 Å². The van der Waals surface area contributed by atoms with Gasteiger partial charge in [-0.05, 0) is 30.5 Å². The Morgan fingerprint density at radius 3 is 2.33 bits per heavy atom. The predicted molar refractivity (Wildman–Crippen MR) is 84.1 cm³/mol. The Kier molecular flexibility index (Phi) is 4.77. The third-order valence-corrected chi connectivity index (χ3v) is 5.14. The number of nitrogens with zero attached hydrogens (tertiary/aromatic N) is 1. The van der Waals surface area contributed by atoms with Gasteiger partial charge in [-0.3, -0.25) is 19.3 Å². The van der Waals surface area contributed by atoms with Crippen LogP contribution >= 0.6 is 0 Å². The summed E-state index contributed by atoms with van der Waals surface area (Å²) in [5.74, 6) is -2.40. The SMILES string of the molecule is CC(C)CC(NS(=O)(=O)c1ccc2c(c1)C(=O)N(C)C2=O)C(=O)O. The zero-order valence-corrected chi connectivity index (χ0v) is 14.3. The molecule has 1 heterocycles. The Morgan fingerprint density at radius 2 is 1.79 bits per heavy atom. The summed E-state index contributed by atoms with van der Waals surface area (Å²) in [5, 5.41) is 9.17. The van der Waals surface area contributed by atoms with Crippen molar-refractivity contribution in [3.8, 4) is 0 Å². The minimum Gasteiger partial charge on any atom is -0.480 e. The lowest BCUT2D eigenvalue weighted by atomic mass is 10.1. The Morgan fingerprint density at radius 1 is 1.21 bits per heavy atom. The highest BCUT2D eigenvalue weighted by molar-refractivity contribution is 7.89. The molecule has 1 unspecified atom stereocenters. The van der Waals surface area contributed by atoms with Crippen molar-refractivity contribution in [3.05, 3.63) is 29.3 Å². The largest absolute Gasteiger partial charge is 0.480 e. The molecule has 2 amide bonds. The van der Waals surface area contributed by atoms with Crippen molar-refractivity contribution < 1.29 is 27.9 Å². The molecule has 0 fully saturated rings. The number of hydrogen-bond acceptors (Lipinski definition) is 5. The molecule has 0 aromatic heterocycles. The topological polar surface area (TPSA) is 121 Å². The van der Waals surface area contributed by atoms with E-state index in [2.05, 4.69) is 4.72 Å². The van der Waals surface area contributed by atoms with Crippen molar-refractivity contribution in [1.29, 1.82) is 0 Å². The summed E-state index contributed by atoms with van der Waals surface area (Å²) >= 11 is 0. The monoisotopic (exact) mass is 354 g/mol. The van der Waals surface area contributed by atoms with E-state index in [0.717, 1.165) is 11.0 Å². The second kappa shape index (κ2) is 6.33. The van der Waals surface area contributed by atoms with Crippen LogP contribution in [0, 0.1) is 5.92 Å². The zero-order chi connectivity index (χ0) is 18.2. The summed E-state index contributed by atoms with van der Waals surface area (Å²) in [6.45, 7) is 3.56. The lowest BCUT2D eigenvalue weighted by molar-refractivity contribution is -0.139. The first-order valence-electron chi connectivity index (χ1n) is 7.26. The number of hydrogen-bond donors (Lipinski definition) is 2. The van der Waals surface area contributed by atoms with Crippen molar-refractivity contribution in [3.63, 3.8) is 0 Å². The average Bonchev–Trinajstić information content (AvgIpc) is 2.70. The molecule has 8 nitrogen and oxygen atoms in total. The van der Waals surface area contributed by atoms with Gasteiger partial charge in [0.2, 0.25) is 10.0 Å². The number of benzene rings is 1. The molecular weight excluding hydrogens is 336 g/mol. The van der Waals surface area contributed by atoms with Crippen LogP contribution in [0.15, 0.2) is 23.1 Å². The van der Waals surface area contributed by atoms with Gasteiger partial charge in [-0.2, -0.15) is 4.72 Å². The highest BCUT2D eigenvalue weighted by Crippen LogP contribution is 2.24. The number of amides is 2. The smallest absolute Gasteiger partial charge is 0.321 e. The van der Waals surface area contributed by atoms with Gasteiger partial charge in [-0.15, -0.1) is 0 Å². The van der Waals surface area contributed by atoms with Crippen LogP contribution in [0.2, 0.25) is 0 Å². The van der Waals surface area contributed by atoms with E-state index < -0.39 is 33.8 Å². The molecule has 2 rings (SSSR count). The molecule has 0 saturated carbocycles. The van der Waals surface area contributed by atoms with E-state index in [1.807, 2.05) is 0 Å². The van der Waals surface area contributed by atoms with Crippen LogP contribution in [0.4, 0.5) is 0 Å². The zero-order valence-electron chi connectivity index (χ0n) is 13.4. The van der Waals surface area contributed by atoms with Crippen molar-refractivity contribution in [2.24, 2.45) is 5.92 Å². The molecule has 2 N–H and O–H groups in total. The normalized spacial score (nSPS) is 15.8. The maximum Gasteiger partial charge on any atom is 0.321 e. The summed E-state index contributed by atoms with van der Waals surface area (Å²) in [7, 11) is -2.84. The molecule has 0 radical (unpaired) electrons. The molecule has 0 bridgehead atoms. The van der Waals surface area contributed by atoms with Crippen molar-refractivity contribution in [2.45, 2.75) is 31.2 Å². The molecule has 0 spiro atoms. The molecule has 9 heteroatoms. The number of carbonyl (C=O) groups is 3. The number of carboxylic acid groups (broad SMARTS) is 1. The van der Waals surface area contributed by atoms with Crippen LogP contribution in [0.3, 0.4) is 0 Å². The van der Waals surface area contributed by atoms with Crippen molar-refractivity contribution >= 4 is 27.8 Å². The lowest BCUT2D eigenvalue weighted by Crippen LogP contribution is -2.41. The van der Waals surface area contributed by atoms with Crippen LogP contribution in [-0.2, 0) is 14.8 Å². The summed E-state index contributed by atoms with van der Waals surface area (Å²) in [4.78, 5) is 35.7. The van der Waals surface area contributed by atoms with E-state index in [1.54, 1.807) is 13.8 Å². The molecule has 1 aliphatic heterocycles. The number of sulfonamides is 1. The van der Waals surface area contributed by atoms with E-state index in [1.165, 1.54) is 19.2 Å². The fourth-order valence-electron chi connectivity index (χ4n) is 2.43. The number of carboxylic acids is 1. The predicted octanol–water partition coefficient (Wildman–Crippen LogP) is 0.690. The number of nitrogens with one attached hydrogen (secondary N) is 1. The van der Waals surface area contributed by atoms with Gasteiger partial charge in [-0.1, -0.05) is 13.8 Å². The van der Waals surface area contributed by atoms with Crippen molar-refractivity contribution in [1.82, 2.24) is 9.62 Å². The quantitative estimate of drug-likeness (QED) is 0.725. The van der Waals surface area contributed by atoms with Gasteiger partial charge in [0.25, 0.3) is 11.8 Å². The maximum atomic E-state index is 12.4. The fourth-order valence-corrected chi connectivity index (χ4v) is 3.66. The van der Waals surface area contributed by atoms with Crippen LogP contribution in [-0.4, -0.2) is 49.3 Å². The Bertz CT molecular complexity index is 815. The van der Waals surface area contributed by atoms with Gasteiger partial charge >= 0.3 is 5.97 Å². The van der Waals surface area contributed by atoms with Gasteiger partial charge in [0.05, 0.1) is 16.0 Å². The summed E-state index contributed by atoms with van der Waals surface area (Å²) in [6.07, 6.45) is 0.125. The molecule has 1 aliphatic rings. The second-order valence-corrected chi connectivity index (χ2v) is 7.73. The van der Waals surface area contributed by atoms with E-state index in [9.17, 15) is 22.8 Å². The molecule has 1 aromatic carbocycles. The maximum absolute atomic E-state index is 12.4. The molecule has 0 saturated heterocycles. The third kappa shape index (κ3) is 3.31.